The van der Waals surface area contributed by atoms with Gasteiger partial charge < -0.3 is 0 Å². The molecule has 2 bridgehead atoms. The predicted molar refractivity (Wildman–Crippen MR) is 114 cm³/mol. The number of fused-ring (bicyclic) bond motifs is 1. The van der Waals surface area contributed by atoms with Crippen LogP contribution in [0.1, 0.15) is 32.3 Å². The molecular weight excluding hydrogens is 382 g/mol. The number of likely N-dealkylation sites (N-methyl/N-ethyl adjacent to an activating group) is 1. The molecule has 2 atom stereocenters. The van der Waals surface area contributed by atoms with Gasteiger partial charge in [-0.15, -0.1) is 0 Å². The molecule has 0 N–H and O–H groups in total. The molecule has 1 nitrogen and oxygen atoms in total. The fourth-order valence-electron chi connectivity index (χ4n) is 4.82. The summed E-state index contributed by atoms with van der Waals surface area (Å²) < 4.78 is 1.15. The summed E-state index contributed by atoms with van der Waals surface area (Å²) >= 11 is 3.65. The molecule has 0 aliphatic heterocycles. The van der Waals surface area contributed by atoms with E-state index < -0.39 is 0 Å². The number of hydrogen-bond acceptors (Lipinski definition) is 1. The van der Waals surface area contributed by atoms with Crippen molar-refractivity contribution >= 4 is 15.9 Å². The fraction of sp³-hybridized carbons (Fsp3) is 0.417. The normalized spacial score (nSPS) is 23.5. The molecule has 1 fully saturated rings. The first-order valence-electron chi connectivity index (χ1n) is 9.66. The van der Waals surface area contributed by atoms with Crippen LogP contribution in [0, 0.1) is 17.3 Å². The Morgan fingerprint density at radius 1 is 1.04 bits per heavy atom. The molecule has 0 radical (unpaired) electrons. The summed E-state index contributed by atoms with van der Waals surface area (Å²) in [5.41, 5.74) is 6.09. The monoisotopic (exact) mass is 409 g/mol. The first kappa shape index (κ1) is 18.0. The molecule has 0 saturated heterocycles. The number of allylic oxidation sites excluding steroid dienone is 1. The zero-order chi connectivity index (χ0) is 18.3. The van der Waals surface area contributed by atoms with Crippen LogP contribution in [0.2, 0.25) is 0 Å². The SMILES string of the molecule is CN(CC1=CC[C@H]2C[C@@H]1C2(C)C)Cc1ccc(-c2ccccc2Br)cc1. The molecule has 2 aromatic rings. The van der Waals surface area contributed by atoms with Crippen molar-refractivity contribution in [1.82, 2.24) is 4.90 Å². The Bertz CT molecular complexity index is 818. The molecule has 3 aliphatic rings. The molecule has 0 heterocycles. The number of hydrogen-bond donors (Lipinski definition) is 0. The van der Waals surface area contributed by atoms with E-state index in [1.165, 1.54) is 29.5 Å². The Kier molecular flexibility index (Phi) is 4.83. The first-order chi connectivity index (χ1) is 12.4. The molecule has 136 valence electrons. The molecule has 0 spiro atoms. The summed E-state index contributed by atoms with van der Waals surface area (Å²) in [7, 11) is 2.25. The third-order valence-corrected chi connectivity index (χ3v) is 7.32. The van der Waals surface area contributed by atoms with Crippen molar-refractivity contribution in [2.24, 2.45) is 17.3 Å². The summed E-state index contributed by atoms with van der Waals surface area (Å²) in [6, 6.07) is 17.4. The quantitative estimate of drug-likeness (QED) is 0.506. The zero-order valence-electron chi connectivity index (χ0n) is 16.0. The van der Waals surface area contributed by atoms with E-state index in [-0.39, 0.29) is 0 Å². The molecule has 2 aromatic carbocycles. The highest BCUT2D eigenvalue weighted by Gasteiger charge is 2.50. The van der Waals surface area contributed by atoms with Crippen molar-refractivity contribution in [1.29, 1.82) is 0 Å². The topological polar surface area (TPSA) is 3.24 Å². The maximum absolute atomic E-state index is 3.65. The van der Waals surface area contributed by atoms with Gasteiger partial charge in [0.15, 0.2) is 0 Å². The van der Waals surface area contributed by atoms with E-state index in [4.69, 9.17) is 0 Å². The van der Waals surface area contributed by atoms with Crippen molar-refractivity contribution in [3.8, 4) is 11.1 Å². The molecule has 2 heteroatoms. The van der Waals surface area contributed by atoms with Gasteiger partial charge in [-0.05, 0) is 59.9 Å². The highest BCUT2D eigenvalue weighted by molar-refractivity contribution is 9.10. The fourth-order valence-corrected chi connectivity index (χ4v) is 5.33. The van der Waals surface area contributed by atoms with Gasteiger partial charge in [-0.25, -0.2) is 0 Å². The summed E-state index contributed by atoms with van der Waals surface area (Å²) in [6.45, 7) is 7.02. The highest BCUT2D eigenvalue weighted by Crippen LogP contribution is 2.59. The van der Waals surface area contributed by atoms with Gasteiger partial charge in [0.2, 0.25) is 0 Å². The van der Waals surface area contributed by atoms with E-state index in [0.29, 0.717) is 5.41 Å². The Labute approximate surface area is 166 Å². The third kappa shape index (κ3) is 3.30. The zero-order valence-corrected chi connectivity index (χ0v) is 17.6. The number of benzene rings is 2. The van der Waals surface area contributed by atoms with E-state index in [1.807, 2.05) is 0 Å². The van der Waals surface area contributed by atoms with Crippen LogP contribution in [0.5, 0.6) is 0 Å². The Morgan fingerprint density at radius 3 is 2.42 bits per heavy atom. The molecule has 0 aromatic heterocycles. The Balaban J connectivity index is 1.40. The number of halogens is 1. The van der Waals surface area contributed by atoms with Crippen LogP contribution in [0.4, 0.5) is 0 Å². The average molecular weight is 410 g/mol. The maximum atomic E-state index is 3.65. The first-order valence-corrected chi connectivity index (χ1v) is 10.5. The van der Waals surface area contributed by atoms with Crippen molar-refractivity contribution in [2.75, 3.05) is 13.6 Å². The van der Waals surface area contributed by atoms with Crippen molar-refractivity contribution in [3.05, 3.63) is 70.2 Å². The molecule has 1 saturated carbocycles. The van der Waals surface area contributed by atoms with E-state index in [0.717, 1.165) is 29.4 Å². The predicted octanol–water partition coefficient (Wildman–Crippen LogP) is 6.54. The second kappa shape index (κ2) is 6.98. The van der Waals surface area contributed by atoms with Crippen LogP contribution in [0.15, 0.2) is 64.7 Å². The van der Waals surface area contributed by atoms with E-state index in [9.17, 15) is 0 Å². The van der Waals surface area contributed by atoms with Crippen LogP contribution in [-0.2, 0) is 6.54 Å². The van der Waals surface area contributed by atoms with Crippen LogP contribution in [0.3, 0.4) is 0 Å². The lowest BCUT2D eigenvalue weighted by Gasteiger charge is -2.57. The molecular formula is C24H28BrN. The smallest absolute Gasteiger partial charge is 0.0253 e. The third-order valence-electron chi connectivity index (χ3n) is 6.63. The van der Waals surface area contributed by atoms with Crippen molar-refractivity contribution < 1.29 is 0 Å². The summed E-state index contributed by atoms with van der Waals surface area (Å²) in [5, 5.41) is 0. The molecule has 0 amide bonds. The minimum Gasteiger partial charge on any atom is -0.298 e. The van der Waals surface area contributed by atoms with Gasteiger partial charge in [-0.3, -0.25) is 4.90 Å². The van der Waals surface area contributed by atoms with Crippen LogP contribution < -0.4 is 0 Å². The molecule has 0 unspecified atom stereocenters. The van der Waals surface area contributed by atoms with Crippen LogP contribution >= 0.6 is 15.9 Å². The number of nitrogens with zero attached hydrogens (tertiary/aromatic N) is 1. The van der Waals surface area contributed by atoms with Gasteiger partial charge in [-0.1, -0.05) is 83.9 Å². The van der Waals surface area contributed by atoms with Gasteiger partial charge in [0.05, 0.1) is 0 Å². The molecule has 5 rings (SSSR count). The van der Waals surface area contributed by atoms with Gasteiger partial charge in [0.25, 0.3) is 0 Å². The Hall–Kier alpha value is -1.38. The molecule has 26 heavy (non-hydrogen) atoms. The van der Waals surface area contributed by atoms with E-state index >= 15 is 0 Å². The largest absolute Gasteiger partial charge is 0.298 e. The van der Waals surface area contributed by atoms with Gasteiger partial charge in [0, 0.05) is 17.6 Å². The van der Waals surface area contributed by atoms with Gasteiger partial charge in [-0.2, -0.15) is 0 Å². The maximum Gasteiger partial charge on any atom is 0.0253 e. The van der Waals surface area contributed by atoms with E-state index in [2.05, 4.69) is 96.3 Å². The second-order valence-corrected chi connectivity index (χ2v) is 9.52. The van der Waals surface area contributed by atoms with Crippen molar-refractivity contribution in [3.63, 3.8) is 0 Å². The summed E-state index contributed by atoms with van der Waals surface area (Å²) in [5.74, 6) is 1.73. The Morgan fingerprint density at radius 2 is 1.77 bits per heavy atom. The van der Waals surface area contributed by atoms with Gasteiger partial charge in [0.1, 0.15) is 0 Å². The number of rotatable bonds is 5. The van der Waals surface area contributed by atoms with Crippen LogP contribution in [-0.4, -0.2) is 18.5 Å². The van der Waals surface area contributed by atoms with Crippen LogP contribution in [0.25, 0.3) is 11.1 Å². The highest BCUT2D eigenvalue weighted by atomic mass is 79.9. The standard InChI is InChI=1S/C24H28BrN/c1-24(2)20-13-12-19(22(24)14-20)16-26(3)15-17-8-10-18(11-9-17)21-6-4-5-7-23(21)25/h4-12,20,22H,13-16H2,1-3H3/t20-,22-/m0/s1. The lowest BCUT2D eigenvalue weighted by Crippen LogP contribution is -2.49. The minimum atomic E-state index is 0.523. The second-order valence-electron chi connectivity index (χ2n) is 8.67. The lowest BCUT2D eigenvalue weighted by atomic mass is 9.49. The lowest BCUT2D eigenvalue weighted by molar-refractivity contribution is -0.0101. The van der Waals surface area contributed by atoms with Gasteiger partial charge >= 0.3 is 0 Å². The van der Waals surface area contributed by atoms with Crippen molar-refractivity contribution in [2.45, 2.75) is 33.2 Å². The molecule has 3 aliphatic carbocycles. The summed E-state index contributed by atoms with van der Waals surface area (Å²) in [6.07, 6.45) is 5.22. The summed E-state index contributed by atoms with van der Waals surface area (Å²) in [4.78, 5) is 2.47. The minimum absolute atomic E-state index is 0.523. The van der Waals surface area contributed by atoms with E-state index in [1.54, 1.807) is 5.57 Å². The average Bonchev–Trinajstić information content (AvgIpc) is 2.63.